The first-order valence-electron chi connectivity index (χ1n) is 11.5. The smallest absolute Gasteiger partial charge is 0.242 e. The predicted octanol–water partition coefficient (Wildman–Crippen LogP) is 4.93. The SMILES string of the molecule is COc1ccc(CN(C(=O)CSCc2ccccc2F)C(C)C(=O)NC2CCCCC2)cc1. The minimum absolute atomic E-state index is 0.122. The largest absolute Gasteiger partial charge is 0.497 e. The highest BCUT2D eigenvalue weighted by Gasteiger charge is 2.28. The Kier molecular flexibility index (Phi) is 9.61. The molecule has 0 saturated heterocycles. The summed E-state index contributed by atoms with van der Waals surface area (Å²) in [6, 6.07) is 13.7. The van der Waals surface area contributed by atoms with Crippen LogP contribution in [0.5, 0.6) is 5.75 Å². The standard InChI is InChI=1S/C26H33FN2O3S/c1-19(26(31)28-22-9-4-3-5-10-22)29(16-20-12-14-23(32-2)15-13-20)25(30)18-33-17-21-8-6-7-11-24(21)27/h6-8,11-15,19,22H,3-5,9-10,16-18H2,1-2H3,(H,28,31). The van der Waals surface area contributed by atoms with Crippen LogP contribution in [0.3, 0.4) is 0 Å². The van der Waals surface area contributed by atoms with E-state index in [9.17, 15) is 14.0 Å². The van der Waals surface area contributed by atoms with Gasteiger partial charge in [-0.15, -0.1) is 11.8 Å². The third-order valence-corrected chi connectivity index (χ3v) is 7.04. The van der Waals surface area contributed by atoms with Gasteiger partial charge in [-0.05, 0) is 49.1 Å². The molecule has 5 nitrogen and oxygen atoms in total. The van der Waals surface area contributed by atoms with E-state index in [1.807, 2.05) is 24.3 Å². The summed E-state index contributed by atoms with van der Waals surface area (Å²) in [7, 11) is 1.61. The van der Waals surface area contributed by atoms with Gasteiger partial charge in [-0.3, -0.25) is 9.59 Å². The number of nitrogens with one attached hydrogen (secondary N) is 1. The van der Waals surface area contributed by atoms with Gasteiger partial charge in [0.2, 0.25) is 11.8 Å². The van der Waals surface area contributed by atoms with Crippen LogP contribution in [-0.2, 0) is 21.9 Å². The number of hydrogen-bond donors (Lipinski definition) is 1. The first-order chi connectivity index (χ1) is 16.0. The van der Waals surface area contributed by atoms with Crippen molar-refractivity contribution < 1.29 is 18.7 Å². The van der Waals surface area contributed by atoms with Crippen LogP contribution < -0.4 is 10.1 Å². The van der Waals surface area contributed by atoms with Gasteiger partial charge in [0.15, 0.2) is 0 Å². The van der Waals surface area contributed by atoms with Crippen molar-refractivity contribution in [2.24, 2.45) is 0 Å². The maximum Gasteiger partial charge on any atom is 0.242 e. The summed E-state index contributed by atoms with van der Waals surface area (Å²) in [5, 5.41) is 3.14. The molecule has 0 radical (unpaired) electrons. The zero-order chi connectivity index (χ0) is 23.6. The Bertz CT molecular complexity index is 916. The third kappa shape index (κ3) is 7.49. The minimum atomic E-state index is -0.601. The number of nitrogens with zero attached hydrogens (tertiary/aromatic N) is 1. The van der Waals surface area contributed by atoms with Crippen molar-refractivity contribution in [3.05, 3.63) is 65.5 Å². The Hall–Kier alpha value is -2.54. The fourth-order valence-corrected chi connectivity index (χ4v) is 4.92. The van der Waals surface area contributed by atoms with Gasteiger partial charge in [0.05, 0.1) is 12.9 Å². The molecule has 0 aromatic heterocycles. The zero-order valence-electron chi connectivity index (χ0n) is 19.4. The molecule has 2 amide bonds. The number of rotatable bonds is 10. The normalized spacial score (nSPS) is 15.0. The molecule has 0 aliphatic heterocycles. The van der Waals surface area contributed by atoms with Crippen LogP contribution in [0.1, 0.15) is 50.2 Å². The number of benzene rings is 2. The van der Waals surface area contributed by atoms with E-state index in [2.05, 4.69) is 5.32 Å². The summed E-state index contributed by atoms with van der Waals surface area (Å²) in [4.78, 5) is 27.8. The van der Waals surface area contributed by atoms with Crippen molar-refractivity contribution in [2.45, 2.75) is 63.4 Å². The lowest BCUT2D eigenvalue weighted by Crippen LogP contribution is -2.50. The highest BCUT2D eigenvalue weighted by molar-refractivity contribution is 7.99. The second-order valence-corrected chi connectivity index (χ2v) is 9.46. The van der Waals surface area contributed by atoms with Crippen LogP contribution in [0.2, 0.25) is 0 Å². The molecule has 1 unspecified atom stereocenters. The highest BCUT2D eigenvalue weighted by Crippen LogP contribution is 2.20. The number of ether oxygens (including phenoxy) is 1. The van der Waals surface area contributed by atoms with E-state index in [1.54, 1.807) is 37.1 Å². The molecule has 178 valence electrons. The van der Waals surface area contributed by atoms with Crippen LogP contribution in [0, 0.1) is 5.82 Å². The average molecular weight is 473 g/mol. The number of carbonyl (C=O) groups excluding carboxylic acids is 2. The van der Waals surface area contributed by atoms with Gasteiger partial charge >= 0.3 is 0 Å². The molecule has 2 aromatic rings. The molecule has 0 heterocycles. The summed E-state index contributed by atoms with van der Waals surface area (Å²) in [5.41, 5.74) is 1.49. The molecule has 1 atom stereocenters. The van der Waals surface area contributed by atoms with E-state index in [-0.39, 0.29) is 29.4 Å². The molecule has 1 aliphatic carbocycles. The molecule has 1 aliphatic rings. The van der Waals surface area contributed by atoms with Gasteiger partial charge in [0.1, 0.15) is 17.6 Å². The van der Waals surface area contributed by atoms with Crippen molar-refractivity contribution in [1.82, 2.24) is 10.2 Å². The summed E-state index contributed by atoms with van der Waals surface area (Å²) in [6.45, 7) is 2.10. The van der Waals surface area contributed by atoms with Crippen LogP contribution in [0.15, 0.2) is 48.5 Å². The Morgan fingerprint density at radius 1 is 1.12 bits per heavy atom. The lowest BCUT2D eigenvalue weighted by molar-refractivity contribution is -0.139. The molecule has 1 saturated carbocycles. The molecule has 2 aromatic carbocycles. The topological polar surface area (TPSA) is 58.6 Å². The number of halogens is 1. The van der Waals surface area contributed by atoms with E-state index in [0.29, 0.717) is 17.9 Å². The second kappa shape index (κ2) is 12.6. The Morgan fingerprint density at radius 3 is 2.48 bits per heavy atom. The number of thioether (sulfide) groups is 1. The molecule has 1 fully saturated rings. The van der Waals surface area contributed by atoms with Gasteiger partial charge in [-0.2, -0.15) is 0 Å². The maximum absolute atomic E-state index is 13.9. The molecule has 0 bridgehead atoms. The predicted molar refractivity (Wildman–Crippen MR) is 131 cm³/mol. The van der Waals surface area contributed by atoms with Crippen LogP contribution in [0.25, 0.3) is 0 Å². The number of hydrogen-bond acceptors (Lipinski definition) is 4. The van der Waals surface area contributed by atoms with Crippen LogP contribution >= 0.6 is 11.8 Å². The Balaban J connectivity index is 1.66. The zero-order valence-corrected chi connectivity index (χ0v) is 20.2. The van der Waals surface area contributed by atoms with Crippen molar-refractivity contribution in [1.29, 1.82) is 0 Å². The maximum atomic E-state index is 13.9. The second-order valence-electron chi connectivity index (χ2n) is 8.47. The lowest BCUT2D eigenvalue weighted by Gasteiger charge is -2.31. The fourth-order valence-electron chi connectivity index (χ4n) is 4.03. The van der Waals surface area contributed by atoms with Gasteiger partial charge in [-0.25, -0.2) is 4.39 Å². The molecule has 3 rings (SSSR count). The van der Waals surface area contributed by atoms with Crippen molar-refractivity contribution in [3.8, 4) is 5.75 Å². The summed E-state index contributed by atoms with van der Waals surface area (Å²) in [5.74, 6) is 0.775. The molecule has 1 N–H and O–H groups in total. The first-order valence-corrected chi connectivity index (χ1v) is 12.7. The van der Waals surface area contributed by atoms with Gasteiger partial charge in [0, 0.05) is 18.3 Å². The molecule has 33 heavy (non-hydrogen) atoms. The summed E-state index contributed by atoms with van der Waals surface area (Å²) in [6.07, 6.45) is 5.44. The average Bonchev–Trinajstić information content (AvgIpc) is 2.84. The van der Waals surface area contributed by atoms with Gasteiger partial charge in [0.25, 0.3) is 0 Å². The van der Waals surface area contributed by atoms with Crippen molar-refractivity contribution >= 4 is 23.6 Å². The third-order valence-electron chi connectivity index (χ3n) is 6.07. The van der Waals surface area contributed by atoms with Crippen molar-refractivity contribution in [3.63, 3.8) is 0 Å². The van der Waals surface area contributed by atoms with Gasteiger partial charge in [-0.1, -0.05) is 49.6 Å². The first kappa shape index (κ1) is 25.1. The lowest BCUT2D eigenvalue weighted by atomic mass is 9.95. The molecule has 0 spiro atoms. The molecule has 7 heteroatoms. The highest BCUT2D eigenvalue weighted by atomic mass is 32.2. The fraction of sp³-hybridized carbons (Fsp3) is 0.462. The van der Waals surface area contributed by atoms with E-state index in [1.165, 1.54) is 24.2 Å². The van der Waals surface area contributed by atoms with Crippen LogP contribution in [0.4, 0.5) is 4.39 Å². The minimum Gasteiger partial charge on any atom is -0.497 e. The Labute approximate surface area is 200 Å². The van der Waals surface area contributed by atoms with Crippen LogP contribution in [-0.4, -0.2) is 41.7 Å². The van der Waals surface area contributed by atoms with E-state index >= 15 is 0 Å². The van der Waals surface area contributed by atoms with Gasteiger partial charge < -0.3 is 15.0 Å². The number of amides is 2. The van der Waals surface area contributed by atoms with E-state index in [4.69, 9.17) is 4.74 Å². The molecular weight excluding hydrogens is 439 g/mol. The number of carbonyl (C=O) groups is 2. The number of methoxy groups -OCH3 is 1. The van der Waals surface area contributed by atoms with E-state index in [0.717, 1.165) is 37.0 Å². The monoisotopic (exact) mass is 472 g/mol. The van der Waals surface area contributed by atoms with Crippen molar-refractivity contribution in [2.75, 3.05) is 12.9 Å². The molecular formula is C26H33FN2O3S. The summed E-state index contributed by atoms with van der Waals surface area (Å²) >= 11 is 1.36. The summed E-state index contributed by atoms with van der Waals surface area (Å²) < 4.78 is 19.1. The Morgan fingerprint density at radius 2 is 1.82 bits per heavy atom. The van der Waals surface area contributed by atoms with E-state index < -0.39 is 6.04 Å². The quantitative estimate of drug-likeness (QED) is 0.533.